The molecule has 1 saturated carbocycles. The highest BCUT2D eigenvalue weighted by Crippen LogP contribution is 2.36. The number of carbonyl (C=O) groups is 1. The molecule has 46 valence electrons. The van der Waals surface area contributed by atoms with Crippen molar-refractivity contribution < 1.29 is 14.3 Å². The summed E-state index contributed by atoms with van der Waals surface area (Å²) >= 11 is 0. The van der Waals surface area contributed by atoms with Crippen molar-refractivity contribution >= 4 is 5.97 Å². The fourth-order valence-electron chi connectivity index (χ4n) is 0.646. The van der Waals surface area contributed by atoms with Gasteiger partial charge in [0.2, 0.25) is 0 Å². The molecule has 0 heterocycles. The molecule has 0 unspecified atom stereocenters. The highest BCUT2D eigenvalue weighted by atomic mass is 19.1. The molecule has 1 aliphatic carbocycles. The summed E-state index contributed by atoms with van der Waals surface area (Å²) in [5, 5.41) is 8.07. The normalized spacial score (nSPS) is 34.6. The summed E-state index contributed by atoms with van der Waals surface area (Å²) in [6.07, 6.45) is -0.376. The predicted octanol–water partition coefficient (Wildman–Crippen LogP) is 0.819. The lowest BCUT2D eigenvalue weighted by atomic mass is 10.3. The molecule has 0 spiro atoms. The number of aliphatic carboxylic acids is 1. The molecule has 3 heteroatoms. The molecule has 0 aliphatic heterocycles. The standard InChI is InChI=1S/C5H7FO2/c6-4-1-3(4)2-5(7)8/h3-4H,1-2H2,(H,7,8)/t3-,4+/m0/s1. The smallest absolute Gasteiger partial charge is 0.303 e. The summed E-state index contributed by atoms with van der Waals surface area (Å²) < 4.78 is 11.9. The van der Waals surface area contributed by atoms with Crippen molar-refractivity contribution in [2.75, 3.05) is 0 Å². The summed E-state index contributed by atoms with van der Waals surface area (Å²) in [5.41, 5.74) is 0. The van der Waals surface area contributed by atoms with Crippen molar-refractivity contribution in [3.8, 4) is 0 Å². The monoisotopic (exact) mass is 118 g/mol. The highest BCUT2D eigenvalue weighted by molar-refractivity contribution is 5.67. The Morgan fingerprint density at radius 3 is 2.50 bits per heavy atom. The summed E-state index contributed by atoms with van der Waals surface area (Å²) in [4.78, 5) is 9.83. The lowest BCUT2D eigenvalue weighted by Crippen LogP contribution is -1.96. The van der Waals surface area contributed by atoms with E-state index in [1.165, 1.54) is 0 Å². The molecule has 0 bridgehead atoms. The minimum absolute atomic E-state index is 0.00116. The van der Waals surface area contributed by atoms with Gasteiger partial charge in [-0.3, -0.25) is 4.79 Å². The second-order valence-electron chi connectivity index (χ2n) is 2.11. The minimum Gasteiger partial charge on any atom is -0.481 e. The van der Waals surface area contributed by atoms with E-state index >= 15 is 0 Å². The predicted molar refractivity (Wildman–Crippen MR) is 25.3 cm³/mol. The largest absolute Gasteiger partial charge is 0.481 e. The molecule has 1 fully saturated rings. The Labute approximate surface area is 46.3 Å². The van der Waals surface area contributed by atoms with Crippen LogP contribution in [0.2, 0.25) is 0 Å². The summed E-state index contributed by atoms with van der Waals surface area (Å²) in [5.74, 6) is -1.07. The third kappa shape index (κ3) is 1.18. The second-order valence-corrected chi connectivity index (χ2v) is 2.11. The third-order valence-corrected chi connectivity index (χ3v) is 1.27. The molecule has 0 aromatic carbocycles. The Morgan fingerprint density at radius 2 is 2.38 bits per heavy atom. The average Bonchev–Trinajstić information content (AvgIpc) is 2.17. The minimum atomic E-state index is -0.893. The molecule has 0 aromatic heterocycles. The number of halogens is 1. The van der Waals surface area contributed by atoms with E-state index in [2.05, 4.69) is 0 Å². The van der Waals surface area contributed by atoms with Crippen LogP contribution in [0.3, 0.4) is 0 Å². The maximum absolute atomic E-state index is 11.9. The van der Waals surface area contributed by atoms with Crippen LogP contribution in [0.5, 0.6) is 0 Å². The van der Waals surface area contributed by atoms with E-state index in [1.807, 2.05) is 0 Å². The second kappa shape index (κ2) is 1.73. The van der Waals surface area contributed by atoms with Gasteiger partial charge < -0.3 is 5.11 Å². The van der Waals surface area contributed by atoms with Crippen LogP contribution in [0, 0.1) is 5.92 Å². The summed E-state index contributed by atoms with van der Waals surface area (Å²) in [7, 11) is 0. The fourth-order valence-corrected chi connectivity index (χ4v) is 0.646. The Hall–Kier alpha value is -0.600. The van der Waals surface area contributed by atoms with Gasteiger partial charge in [0.1, 0.15) is 6.17 Å². The molecule has 1 aliphatic rings. The Balaban J connectivity index is 2.14. The van der Waals surface area contributed by atoms with Gasteiger partial charge in [0, 0.05) is 5.92 Å². The zero-order chi connectivity index (χ0) is 6.15. The summed E-state index contributed by atoms with van der Waals surface area (Å²) in [6, 6.07) is 0. The lowest BCUT2D eigenvalue weighted by molar-refractivity contribution is -0.137. The first kappa shape index (κ1) is 5.54. The highest BCUT2D eigenvalue weighted by Gasteiger charge is 2.38. The van der Waals surface area contributed by atoms with Gasteiger partial charge in [-0.2, -0.15) is 0 Å². The molecule has 1 N–H and O–H groups in total. The van der Waals surface area contributed by atoms with E-state index in [1.54, 1.807) is 0 Å². The Bertz CT molecular complexity index is 113. The van der Waals surface area contributed by atoms with Gasteiger partial charge in [-0.05, 0) is 6.42 Å². The first-order valence-corrected chi connectivity index (χ1v) is 2.56. The molecular formula is C5H7FO2. The summed E-state index contributed by atoms with van der Waals surface area (Å²) in [6.45, 7) is 0. The van der Waals surface area contributed by atoms with Gasteiger partial charge in [-0.15, -0.1) is 0 Å². The van der Waals surface area contributed by atoms with Crippen molar-refractivity contribution in [3.05, 3.63) is 0 Å². The van der Waals surface area contributed by atoms with Crippen LogP contribution >= 0.6 is 0 Å². The van der Waals surface area contributed by atoms with Crippen molar-refractivity contribution in [2.24, 2.45) is 5.92 Å². The van der Waals surface area contributed by atoms with E-state index in [4.69, 9.17) is 5.11 Å². The molecule has 0 aromatic rings. The maximum atomic E-state index is 11.9. The van der Waals surface area contributed by atoms with E-state index in [-0.39, 0.29) is 12.3 Å². The Kier molecular flexibility index (Phi) is 1.19. The lowest BCUT2D eigenvalue weighted by Gasteiger charge is -1.84. The van der Waals surface area contributed by atoms with E-state index in [9.17, 15) is 9.18 Å². The molecular weight excluding hydrogens is 111 g/mol. The first-order chi connectivity index (χ1) is 3.70. The van der Waals surface area contributed by atoms with E-state index in [0.717, 1.165) is 0 Å². The van der Waals surface area contributed by atoms with Crippen LogP contribution in [-0.2, 0) is 4.79 Å². The zero-order valence-electron chi connectivity index (χ0n) is 4.30. The molecule has 0 radical (unpaired) electrons. The zero-order valence-corrected chi connectivity index (χ0v) is 4.30. The maximum Gasteiger partial charge on any atom is 0.303 e. The average molecular weight is 118 g/mol. The van der Waals surface area contributed by atoms with Crippen LogP contribution in [0.25, 0.3) is 0 Å². The molecule has 2 atom stereocenters. The Morgan fingerprint density at radius 1 is 1.88 bits per heavy atom. The third-order valence-electron chi connectivity index (χ3n) is 1.27. The van der Waals surface area contributed by atoms with Crippen LogP contribution in [0.4, 0.5) is 4.39 Å². The fraction of sp³-hybridized carbons (Fsp3) is 0.800. The van der Waals surface area contributed by atoms with Gasteiger partial charge in [0.25, 0.3) is 0 Å². The molecule has 1 rings (SSSR count). The quantitative estimate of drug-likeness (QED) is 0.582. The molecule has 0 amide bonds. The van der Waals surface area contributed by atoms with Crippen LogP contribution < -0.4 is 0 Å². The SMILES string of the molecule is O=C(O)C[C@@H]1C[C@H]1F. The van der Waals surface area contributed by atoms with Gasteiger partial charge in [0.15, 0.2) is 0 Å². The van der Waals surface area contributed by atoms with Crippen molar-refractivity contribution in [1.82, 2.24) is 0 Å². The van der Waals surface area contributed by atoms with Gasteiger partial charge in [0.05, 0.1) is 6.42 Å². The number of rotatable bonds is 2. The topological polar surface area (TPSA) is 37.3 Å². The van der Waals surface area contributed by atoms with Gasteiger partial charge in [-0.1, -0.05) is 0 Å². The van der Waals surface area contributed by atoms with Crippen LogP contribution in [-0.4, -0.2) is 17.2 Å². The van der Waals surface area contributed by atoms with E-state index < -0.39 is 12.1 Å². The van der Waals surface area contributed by atoms with Crippen LogP contribution in [0.15, 0.2) is 0 Å². The van der Waals surface area contributed by atoms with Crippen LogP contribution in [0.1, 0.15) is 12.8 Å². The van der Waals surface area contributed by atoms with Crippen molar-refractivity contribution in [3.63, 3.8) is 0 Å². The number of alkyl halides is 1. The first-order valence-electron chi connectivity index (χ1n) is 2.56. The number of hydrogen-bond donors (Lipinski definition) is 1. The molecule has 8 heavy (non-hydrogen) atoms. The van der Waals surface area contributed by atoms with Gasteiger partial charge in [-0.25, -0.2) is 4.39 Å². The molecule has 2 nitrogen and oxygen atoms in total. The number of hydrogen-bond acceptors (Lipinski definition) is 1. The number of carboxylic acid groups (broad SMARTS) is 1. The molecule has 0 saturated heterocycles. The van der Waals surface area contributed by atoms with Crippen molar-refractivity contribution in [2.45, 2.75) is 19.0 Å². The van der Waals surface area contributed by atoms with Gasteiger partial charge >= 0.3 is 5.97 Å². The van der Waals surface area contributed by atoms with E-state index in [0.29, 0.717) is 6.42 Å². The number of carboxylic acids is 1. The van der Waals surface area contributed by atoms with Crippen molar-refractivity contribution in [1.29, 1.82) is 0 Å².